The highest BCUT2D eigenvalue weighted by molar-refractivity contribution is 7.99. The fourth-order valence-electron chi connectivity index (χ4n) is 3.57. The second kappa shape index (κ2) is 14.2. The van der Waals surface area contributed by atoms with Gasteiger partial charge >= 0.3 is 0 Å². The van der Waals surface area contributed by atoms with Crippen molar-refractivity contribution in [2.24, 2.45) is 0 Å². The van der Waals surface area contributed by atoms with Crippen molar-refractivity contribution in [2.45, 2.75) is 31.5 Å². The van der Waals surface area contributed by atoms with E-state index in [4.69, 9.17) is 27.9 Å². The van der Waals surface area contributed by atoms with Crippen molar-refractivity contribution in [3.8, 4) is 11.4 Å². The minimum absolute atomic E-state index is 0.0445. The number of carbonyl (C=O) groups is 2. The Hall–Kier alpha value is -3.60. The maximum absolute atomic E-state index is 13.9. The number of para-hydroxylation sites is 1. The second-order valence-electron chi connectivity index (χ2n) is 8.56. The lowest BCUT2D eigenvalue weighted by Gasteiger charge is -2.12. The van der Waals surface area contributed by atoms with E-state index in [1.165, 1.54) is 18.2 Å². The summed E-state index contributed by atoms with van der Waals surface area (Å²) in [6.07, 6.45) is 1.99. The number of hydrogen-bond acceptors (Lipinski definition) is 6. The Morgan fingerprint density at radius 3 is 2.52 bits per heavy atom. The van der Waals surface area contributed by atoms with Gasteiger partial charge < -0.3 is 15.4 Å². The molecule has 0 fully saturated rings. The van der Waals surface area contributed by atoms with Gasteiger partial charge in [0.25, 0.3) is 5.91 Å². The largest absolute Gasteiger partial charge is 0.494 e. The first-order valence-electron chi connectivity index (χ1n) is 12.4. The van der Waals surface area contributed by atoms with Gasteiger partial charge in [-0.15, -0.1) is 10.2 Å². The van der Waals surface area contributed by atoms with Crippen LogP contribution in [0.2, 0.25) is 10.0 Å². The van der Waals surface area contributed by atoms with E-state index < -0.39 is 11.7 Å². The third kappa shape index (κ3) is 7.74. The van der Waals surface area contributed by atoms with E-state index in [2.05, 4.69) is 27.8 Å². The summed E-state index contributed by atoms with van der Waals surface area (Å²) in [4.78, 5) is 25.3. The van der Waals surface area contributed by atoms with Crippen LogP contribution in [0.3, 0.4) is 0 Å². The summed E-state index contributed by atoms with van der Waals surface area (Å²) in [5.74, 6) is -0.213. The minimum atomic E-state index is -0.531. The molecule has 0 spiro atoms. The lowest BCUT2D eigenvalue weighted by molar-refractivity contribution is -0.113. The number of amides is 2. The molecule has 0 saturated carbocycles. The van der Waals surface area contributed by atoms with E-state index in [0.29, 0.717) is 44.6 Å². The number of carbonyl (C=O) groups excluding carboxylic acids is 2. The Morgan fingerprint density at radius 2 is 1.80 bits per heavy atom. The number of anilines is 1. The molecule has 1 aromatic heterocycles. The van der Waals surface area contributed by atoms with Crippen LogP contribution < -0.4 is 15.4 Å². The molecule has 0 atom stereocenters. The van der Waals surface area contributed by atoms with Crippen LogP contribution in [0.25, 0.3) is 5.69 Å². The summed E-state index contributed by atoms with van der Waals surface area (Å²) >= 11 is 13.5. The predicted octanol–water partition coefficient (Wildman–Crippen LogP) is 6.55. The molecular weight excluding hydrogens is 576 g/mol. The molecule has 2 amide bonds. The summed E-state index contributed by atoms with van der Waals surface area (Å²) < 4.78 is 21.2. The normalized spacial score (nSPS) is 10.8. The Labute approximate surface area is 245 Å². The molecule has 2 N–H and O–H groups in total. The van der Waals surface area contributed by atoms with Crippen LogP contribution in [0.5, 0.6) is 5.75 Å². The average Bonchev–Trinajstić information content (AvgIpc) is 3.36. The van der Waals surface area contributed by atoms with Gasteiger partial charge in [-0.05, 0) is 61.0 Å². The number of rotatable bonds is 12. The Bertz CT molecular complexity index is 1480. The number of aromatic nitrogens is 3. The van der Waals surface area contributed by atoms with Crippen molar-refractivity contribution in [3.63, 3.8) is 0 Å². The van der Waals surface area contributed by atoms with Crippen molar-refractivity contribution < 1.29 is 18.7 Å². The molecule has 0 aliphatic carbocycles. The maximum Gasteiger partial charge on any atom is 0.251 e. The third-order valence-electron chi connectivity index (χ3n) is 5.63. The van der Waals surface area contributed by atoms with Gasteiger partial charge in [0.1, 0.15) is 11.6 Å². The number of unbranched alkanes of at least 4 members (excludes halogenated alkanes) is 1. The Kier molecular flexibility index (Phi) is 10.4. The van der Waals surface area contributed by atoms with E-state index in [1.807, 2.05) is 0 Å². The number of benzene rings is 3. The van der Waals surface area contributed by atoms with Crippen LogP contribution in [-0.4, -0.2) is 38.9 Å². The van der Waals surface area contributed by atoms with Crippen molar-refractivity contribution in [1.29, 1.82) is 0 Å². The fourth-order valence-corrected chi connectivity index (χ4v) is 4.63. The summed E-state index contributed by atoms with van der Waals surface area (Å²) in [6, 6.07) is 17.8. The molecular formula is C28H26Cl2FN5O3S. The van der Waals surface area contributed by atoms with Gasteiger partial charge in [0.2, 0.25) is 5.91 Å². The van der Waals surface area contributed by atoms with Crippen molar-refractivity contribution >= 4 is 52.5 Å². The van der Waals surface area contributed by atoms with Crippen LogP contribution in [0.1, 0.15) is 35.9 Å². The van der Waals surface area contributed by atoms with Crippen LogP contribution in [0.4, 0.5) is 10.1 Å². The molecule has 0 saturated heterocycles. The van der Waals surface area contributed by atoms with Crippen molar-refractivity contribution in [1.82, 2.24) is 20.1 Å². The number of ether oxygens (including phenoxy) is 1. The first kappa shape index (κ1) is 29.4. The summed E-state index contributed by atoms with van der Waals surface area (Å²) in [6.45, 7) is 2.76. The predicted molar refractivity (Wildman–Crippen MR) is 155 cm³/mol. The third-order valence-corrected chi connectivity index (χ3v) is 7.30. The SMILES string of the molecule is CCCCOc1ccc(C(=O)NCc2nnc(SCC(=O)Nc3ccccc3F)n2-c2ccc(Cl)c(Cl)c2)cc1. The molecule has 4 aromatic rings. The van der Waals surface area contributed by atoms with E-state index in [0.717, 1.165) is 24.6 Å². The first-order valence-corrected chi connectivity index (χ1v) is 14.2. The van der Waals surface area contributed by atoms with Crippen molar-refractivity contribution in [2.75, 3.05) is 17.7 Å². The minimum Gasteiger partial charge on any atom is -0.494 e. The summed E-state index contributed by atoms with van der Waals surface area (Å²) in [5.41, 5.74) is 1.14. The second-order valence-corrected chi connectivity index (χ2v) is 10.3. The smallest absolute Gasteiger partial charge is 0.251 e. The number of halogens is 3. The van der Waals surface area contributed by atoms with Crippen LogP contribution in [0.15, 0.2) is 71.9 Å². The standard InChI is InChI=1S/C28H26Cl2FN5O3S/c1-2-3-14-39-20-11-8-18(9-12-20)27(38)32-16-25-34-35-28(36(25)19-10-13-21(29)22(30)15-19)40-17-26(37)33-24-7-5-4-6-23(24)31/h4-13,15H,2-3,14,16-17H2,1H3,(H,32,38)(H,33,37). The molecule has 0 radical (unpaired) electrons. The van der Waals surface area contributed by atoms with Crippen molar-refractivity contribution in [3.05, 3.63) is 94.0 Å². The molecule has 4 rings (SSSR count). The number of thioether (sulfide) groups is 1. The Balaban J connectivity index is 1.47. The topological polar surface area (TPSA) is 98.1 Å². The van der Waals surface area contributed by atoms with E-state index >= 15 is 0 Å². The first-order chi connectivity index (χ1) is 19.4. The zero-order valence-corrected chi connectivity index (χ0v) is 23.8. The Morgan fingerprint density at radius 1 is 1.02 bits per heavy atom. The van der Waals surface area contributed by atoms with Gasteiger partial charge in [0.05, 0.1) is 40.3 Å². The van der Waals surface area contributed by atoms with Gasteiger partial charge in [-0.3, -0.25) is 14.2 Å². The fraction of sp³-hybridized carbons (Fsp3) is 0.214. The molecule has 208 valence electrons. The monoisotopic (exact) mass is 601 g/mol. The summed E-state index contributed by atoms with van der Waals surface area (Å²) in [7, 11) is 0. The van der Waals surface area contributed by atoms with Gasteiger partial charge in [0, 0.05) is 5.56 Å². The van der Waals surface area contributed by atoms with Gasteiger partial charge in [-0.2, -0.15) is 0 Å². The molecule has 0 aliphatic heterocycles. The number of nitrogens with one attached hydrogen (secondary N) is 2. The maximum atomic E-state index is 13.9. The highest BCUT2D eigenvalue weighted by Crippen LogP contribution is 2.28. The van der Waals surface area contributed by atoms with Gasteiger partial charge in [-0.1, -0.05) is 60.4 Å². The highest BCUT2D eigenvalue weighted by atomic mass is 35.5. The molecule has 0 aliphatic rings. The zero-order valence-electron chi connectivity index (χ0n) is 21.5. The average molecular weight is 603 g/mol. The number of nitrogens with zero attached hydrogens (tertiary/aromatic N) is 3. The molecule has 3 aromatic carbocycles. The molecule has 8 nitrogen and oxygen atoms in total. The van der Waals surface area contributed by atoms with E-state index in [-0.39, 0.29) is 23.9 Å². The molecule has 40 heavy (non-hydrogen) atoms. The van der Waals surface area contributed by atoms with Gasteiger partial charge in [0.15, 0.2) is 11.0 Å². The van der Waals surface area contributed by atoms with Crippen LogP contribution >= 0.6 is 35.0 Å². The molecule has 0 unspecified atom stereocenters. The van der Waals surface area contributed by atoms with E-state index in [9.17, 15) is 14.0 Å². The van der Waals surface area contributed by atoms with E-state index in [1.54, 1.807) is 53.1 Å². The lowest BCUT2D eigenvalue weighted by atomic mass is 10.2. The lowest BCUT2D eigenvalue weighted by Crippen LogP contribution is -2.24. The number of hydrogen-bond donors (Lipinski definition) is 2. The van der Waals surface area contributed by atoms with Gasteiger partial charge in [-0.25, -0.2) is 4.39 Å². The molecule has 1 heterocycles. The summed E-state index contributed by atoms with van der Waals surface area (Å²) in [5, 5.41) is 14.9. The van der Waals surface area contributed by atoms with Crippen LogP contribution in [0, 0.1) is 5.82 Å². The molecule has 12 heteroatoms. The quantitative estimate of drug-likeness (QED) is 0.141. The highest BCUT2D eigenvalue weighted by Gasteiger charge is 2.18. The zero-order chi connectivity index (χ0) is 28.5. The molecule has 0 bridgehead atoms. The van der Waals surface area contributed by atoms with Crippen LogP contribution in [-0.2, 0) is 11.3 Å².